The van der Waals surface area contributed by atoms with Gasteiger partial charge in [0.25, 0.3) is 0 Å². The number of rotatable bonds is 3. The highest BCUT2D eigenvalue weighted by Crippen LogP contribution is 2.29. The number of halogens is 3. The maximum Gasteiger partial charge on any atom is 0.573 e. The quantitative estimate of drug-likeness (QED) is 0.750. The SMILES string of the molecule is O=C(O)c1c[nH]c2ccc(-c3ccc(OC(F)(F)F)cc3)cc12. The molecule has 1 aromatic heterocycles. The molecule has 0 fully saturated rings. The molecule has 3 aromatic rings. The van der Waals surface area contributed by atoms with E-state index in [9.17, 15) is 18.0 Å². The summed E-state index contributed by atoms with van der Waals surface area (Å²) in [6.45, 7) is 0. The van der Waals surface area contributed by atoms with Crippen LogP contribution >= 0.6 is 0 Å². The van der Waals surface area contributed by atoms with Crippen LogP contribution < -0.4 is 4.74 Å². The third kappa shape index (κ3) is 3.13. The maximum absolute atomic E-state index is 12.1. The number of ether oxygens (including phenoxy) is 1. The number of benzene rings is 2. The summed E-state index contributed by atoms with van der Waals surface area (Å²) < 4.78 is 40.2. The van der Waals surface area contributed by atoms with Gasteiger partial charge >= 0.3 is 12.3 Å². The molecular weight excluding hydrogens is 311 g/mol. The highest BCUT2D eigenvalue weighted by atomic mass is 19.4. The fourth-order valence-corrected chi connectivity index (χ4v) is 2.33. The summed E-state index contributed by atoms with van der Waals surface area (Å²) in [6.07, 6.45) is -3.33. The highest BCUT2D eigenvalue weighted by molar-refractivity contribution is 6.04. The molecule has 1 heterocycles. The normalized spacial score (nSPS) is 11.6. The smallest absolute Gasteiger partial charge is 0.478 e. The minimum atomic E-state index is -4.73. The molecule has 3 rings (SSSR count). The third-order valence-corrected chi connectivity index (χ3v) is 3.33. The Labute approximate surface area is 128 Å². The summed E-state index contributed by atoms with van der Waals surface area (Å²) in [5.74, 6) is -1.36. The van der Waals surface area contributed by atoms with E-state index >= 15 is 0 Å². The second-order valence-corrected chi connectivity index (χ2v) is 4.84. The number of aromatic nitrogens is 1. The van der Waals surface area contributed by atoms with Crippen LogP contribution in [0.3, 0.4) is 0 Å². The van der Waals surface area contributed by atoms with E-state index in [1.807, 2.05) is 0 Å². The average molecular weight is 321 g/mol. The van der Waals surface area contributed by atoms with Crippen LogP contribution in [0.25, 0.3) is 22.0 Å². The van der Waals surface area contributed by atoms with Gasteiger partial charge in [-0.25, -0.2) is 4.79 Å². The molecular formula is C16H10F3NO3. The lowest BCUT2D eigenvalue weighted by molar-refractivity contribution is -0.274. The Morgan fingerprint density at radius 1 is 1.04 bits per heavy atom. The molecule has 2 N–H and O–H groups in total. The predicted molar refractivity (Wildman–Crippen MR) is 77.4 cm³/mol. The van der Waals surface area contributed by atoms with E-state index in [0.29, 0.717) is 22.0 Å². The van der Waals surface area contributed by atoms with Crippen molar-refractivity contribution >= 4 is 16.9 Å². The number of carboxylic acids is 1. The monoisotopic (exact) mass is 321 g/mol. The second kappa shape index (κ2) is 5.35. The van der Waals surface area contributed by atoms with Crippen molar-refractivity contribution in [3.05, 3.63) is 54.2 Å². The topological polar surface area (TPSA) is 62.3 Å². The fraction of sp³-hybridized carbons (Fsp3) is 0.0625. The lowest BCUT2D eigenvalue weighted by Gasteiger charge is -2.09. The number of hydrogen-bond acceptors (Lipinski definition) is 2. The predicted octanol–water partition coefficient (Wildman–Crippen LogP) is 4.43. The molecule has 0 atom stereocenters. The molecule has 0 saturated carbocycles. The molecule has 4 nitrogen and oxygen atoms in total. The van der Waals surface area contributed by atoms with Gasteiger partial charge in [0, 0.05) is 17.1 Å². The third-order valence-electron chi connectivity index (χ3n) is 3.33. The molecule has 0 saturated heterocycles. The van der Waals surface area contributed by atoms with E-state index in [1.54, 1.807) is 18.2 Å². The second-order valence-electron chi connectivity index (χ2n) is 4.84. The summed E-state index contributed by atoms with van der Waals surface area (Å²) in [6, 6.07) is 10.5. The van der Waals surface area contributed by atoms with Crippen molar-refractivity contribution in [3.63, 3.8) is 0 Å². The van der Waals surface area contributed by atoms with Crippen molar-refractivity contribution in [3.8, 4) is 16.9 Å². The van der Waals surface area contributed by atoms with Crippen molar-refractivity contribution in [2.75, 3.05) is 0 Å². The van der Waals surface area contributed by atoms with Crippen LogP contribution in [-0.4, -0.2) is 22.4 Å². The number of aromatic amines is 1. The summed E-state index contributed by atoms with van der Waals surface area (Å²) in [5.41, 5.74) is 2.15. The first-order valence-corrected chi connectivity index (χ1v) is 6.54. The first-order valence-electron chi connectivity index (χ1n) is 6.54. The number of hydrogen-bond donors (Lipinski definition) is 2. The molecule has 0 bridgehead atoms. The Morgan fingerprint density at radius 2 is 1.70 bits per heavy atom. The van der Waals surface area contributed by atoms with Crippen molar-refractivity contribution < 1.29 is 27.8 Å². The van der Waals surface area contributed by atoms with Crippen molar-refractivity contribution in [2.24, 2.45) is 0 Å². The molecule has 0 aliphatic carbocycles. The average Bonchev–Trinajstić information content (AvgIpc) is 2.89. The van der Waals surface area contributed by atoms with Gasteiger partial charge in [-0.2, -0.15) is 0 Å². The van der Waals surface area contributed by atoms with Crippen LogP contribution in [0, 0.1) is 0 Å². The lowest BCUT2D eigenvalue weighted by Crippen LogP contribution is -2.16. The van der Waals surface area contributed by atoms with Crippen molar-refractivity contribution in [1.82, 2.24) is 4.98 Å². The summed E-state index contributed by atoms with van der Waals surface area (Å²) in [7, 11) is 0. The Morgan fingerprint density at radius 3 is 2.30 bits per heavy atom. The molecule has 0 unspecified atom stereocenters. The minimum Gasteiger partial charge on any atom is -0.478 e. The number of carboxylic acid groups (broad SMARTS) is 1. The number of aromatic carboxylic acids is 1. The zero-order chi connectivity index (χ0) is 16.6. The van der Waals surface area contributed by atoms with E-state index in [1.165, 1.54) is 30.5 Å². The lowest BCUT2D eigenvalue weighted by atomic mass is 10.0. The van der Waals surface area contributed by atoms with E-state index in [4.69, 9.17) is 5.11 Å². The molecule has 0 aliphatic heterocycles. The van der Waals surface area contributed by atoms with Gasteiger partial charge in [-0.1, -0.05) is 18.2 Å². The molecule has 0 amide bonds. The van der Waals surface area contributed by atoms with Gasteiger partial charge in [0.05, 0.1) is 5.56 Å². The maximum atomic E-state index is 12.1. The van der Waals surface area contributed by atoms with Crippen LogP contribution in [0.4, 0.5) is 13.2 Å². The number of alkyl halides is 3. The highest BCUT2D eigenvalue weighted by Gasteiger charge is 2.30. The van der Waals surface area contributed by atoms with Crippen LogP contribution in [-0.2, 0) is 0 Å². The van der Waals surface area contributed by atoms with Crippen LogP contribution in [0.2, 0.25) is 0 Å². The summed E-state index contributed by atoms with van der Waals surface area (Å²) in [4.78, 5) is 14.0. The number of fused-ring (bicyclic) bond motifs is 1. The van der Waals surface area contributed by atoms with Crippen LogP contribution in [0.15, 0.2) is 48.7 Å². The molecule has 0 spiro atoms. The zero-order valence-corrected chi connectivity index (χ0v) is 11.5. The van der Waals surface area contributed by atoms with E-state index in [-0.39, 0.29) is 11.3 Å². The summed E-state index contributed by atoms with van der Waals surface area (Å²) >= 11 is 0. The van der Waals surface area contributed by atoms with Gasteiger partial charge in [0.2, 0.25) is 0 Å². The van der Waals surface area contributed by atoms with Crippen LogP contribution in [0.5, 0.6) is 5.75 Å². The van der Waals surface area contributed by atoms with E-state index in [0.717, 1.165) is 0 Å². The number of nitrogens with one attached hydrogen (secondary N) is 1. The fourth-order valence-electron chi connectivity index (χ4n) is 2.33. The Bertz CT molecular complexity index is 866. The molecule has 23 heavy (non-hydrogen) atoms. The molecule has 0 radical (unpaired) electrons. The summed E-state index contributed by atoms with van der Waals surface area (Å²) in [5, 5.41) is 9.67. The van der Waals surface area contributed by atoms with Crippen molar-refractivity contribution in [1.29, 1.82) is 0 Å². The van der Waals surface area contributed by atoms with Gasteiger partial charge in [-0.15, -0.1) is 13.2 Å². The largest absolute Gasteiger partial charge is 0.573 e. The first-order chi connectivity index (χ1) is 10.8. The number of H-pyrrole nitrogens is 1. The van der Waals surface area contributed by atoms with Gasteiger partial charge in [-0.05, 0) is 35.4 Å². The molecule has 118 valence electrons. The minimum absolute atomic E-state index is 0.138. The van der Waals surface area contributed by atoms with Crippen molar-refractivity contribution in [2.45, 2.75) is 6.36 Å². The van der Waals surface area contributed by atoms with Gasteiger partial charge in [0.1, 0.15) is 5.75 Å². The first kappa shape index (κ1) is 15.0. The Balaban J connectivity index is 1.96. The van der Waals surface area contributed by atoms with E-state index < -0.39 is 12.3 Å². The molecule has 7 heteroatoms. The number of carbonyl (C=O) groups is 1. The van der Waals surface area contributed by atoms with Crippen LogP contribution in [0.1, 0.15) is 10.4 Å². The Hall–Kier alpha value is -2.96. The van der Waals surface area contributed by atoms with Gasteiger partial charge in [-0.3, -0.25) is 0 Å². The molecule has 0 aliphatic rings. The standard InChI is InChI=1S/C16H10F3NO3/c17-16(18,19)23-11-4-1-9(2-5-11)10-3-6-14-12(7-10)13(8-20-14)15(21)22/h1-8,20H,(H,21,22). The molecule has 2 aromatic carbocycles. The zero-order valence-electron chi connectivity index (χ0n) is 11.5. The van der Waals surface area contributed by atoms with Gasteiger partial charge in [0.15, 0.2) is 0 Å². The van der Waals surface area contributed by atoms with E-state index in [2.05, 4.69) is 9.72 Å². The Kier molecular flexibility index (Phi) is 3.48. The van der Waals surface area contributed by atoms with Gasteiger partial charge < -0.3 is 14.8 Å².